The number of ether oxygens (including phenoxy) is 2. The zero-order valence-electron chi connectivity index (χ0n) is 25.1. The number of aromatic hydroxyl groups is 1. The van der Waals surface area contributed by atoms with Gasteiger partial charge in [0.25, 0.3) is 0 Å². The number of unbranched alkanes of at least 4 members (excludes halogenated alkanes) is 2. The number of rotatable bonds is 20. The Bertz CT molecular complexity index is 1120. The van der Waals surface area contributed by atoms with Crippen molar-refractivity contribution in [2.45, 2.75) is 108 Å². The number of carbonyl (C=O) groups is 5. The molecule has 1 aliphatic rings. The fourth-order valence-electron chi connectivity index (χ4n) is 4.63. The molecule has 1 aliphatic heterocycles. The van der Waals surface area contributed by atoms with Crippen LogP contribution >= 0.6 is 11.8 Å². The van der Waals surface area contributed by atoms with Gasteiger partial charge >= 0.3 is 11.9 Å². The molecule has 13 heteroatoms. The molecule has 5 unspecified atom stereocenters. The van der Waals surface area contributed by atoms with Crippen molar-refractivity contribution in [2.24, 2.45) is 5.73 Å². The van der Waals surface area contributed by atoms with Gasteiger partial charge in [0.05, 0.1) is 13.2 Å². The van der Waals surface area contributed by atoms with E-state index in [9.17, 15) is 29.1 Å². The molecule has 12 nitrogen and oxygen atoms in total. The van der Waals surface area contributed by atoms with Gasteiger partial charge in [-0.1, -0.05) is 32.3 Å². The fraction of sp³-hybridized carbons (Fsp3) is 0.633. The molecule has 1 saturated heterocycles. The molecular formula is C30H45N3O9S. The van der Waals surface area contributed by atoms with Crippen molar-refractivity contribution in [3.63, 3.8) is 0 Å². The molecule has 0 bridgehead atoms. The predicted octanol–water partition coefficient (Wildman–Crippen LogP) is 2.47. The molecular weight excluding hydrogens is 578 g/mol. The van der Waals surface area contributed by atoms with E-state index in [4.69, 9.17) is 20.3 Å². The van der Waals surface area contributed by atoms with E-state index in [2.05, 4.69) is 17.6 Å². The average Bonchev–Trinajstić information content (AvgIpc) is 3.28. The van der Waals surface area contributed by atoms with E-state index in [-0.39, 0.29) is 47.9 Å². The third-order valence-electron chi connectivity index (χ3n) is 7.15. The molecule has 1 heterocycles. The number of carbonyl (C=O) groups excluding carboxylic acids is 4. The summed E-state index contributed by atoms with van der Waals surface area (Å²) in [6, 6.07) is 1.93. The minimum absolute atomic E-state index is 0.0258. The van der Waals surface area contributed by atoms with Crippen LogP contribution in [0.3, 0.4) is 0 Å². The summed E-state index contributed by atoms with van der Waals surface area (Å²) in [6.45, 7) is 3.80. The van der Waals surface area contributed by atoms with Crippen molar-refractivity contribution in [1.82, 2.24) is 10.6 Å². The number of ketones is 1. The summed E-state index contributed by atoms with van der Waals surface area (Å²) in [5, 5.41) is 23.9. The van der Waals surface area contributed by atoms with E-state index in [1.54, 1.807) is 19.1 Å². The molecule has 0 radical (unpaired) electrons. The number of nitrogens with one attached hydrogen (secondary N) is 2. The lowest BCUT2D eigenvalue weighted by molar-refractivity contribution is -0.144. The number of carboxylic acid groups (broad SMARTS) is 1. The first-order chi connectivity index (χ1) is 20.4. The van der Waals surface area contributed by atoms with Gasteiger partial charge in [0.1, 0.15) is 24.0 Å². The number of hydrogen-bond donors (Lipinski definition) is 5. The number of Topliss-reactive ketones (excluding diaryl/α,β-unsaturated/α-hetero) is 1. The molecule has 6 N–H and O–H groups in total. The Balaban J connectivity index is 2.08. The van der Waals surface area contributed by atoms with Crippen LogP contribution in [0.4, 0.5) is 0 Å². The molecule has 1 aromatic carbocycles. The molecule has 0 saturated carbocycles. The lowest BCUT2D eigenvalue weighted by Gasteiger charge is -2.24. The quantitative estimate of drug-likeness (QED) is 0.106. The van der Waals surface area contributed by atoms with Crippen LogP contribution in [0.5, 0.6) is 11.5 Å². The minimum atomic E-state index is -1.13. The first-order valence-electron chi connectivity index (χ1n) is 14.7. The molecule has 2 amide bonds. The molecule has 43 heavy (non-hydrogen) atoms. The number of methoxy groups -OCH3 is 1. The Kier molecular flexibility index (Phi) is 15.3. The average molecular weight is 624 g/mol. The van der Waals surface area contributed by atoms with Crippen molar-refractivity contribution in [2.75, 3.05) is 12.9 Å². The number of phenolic OH excluding ortho intramolecular Hbond substituents is 1. The highest BCUT2D eigenvalue weighted by molar-refractivity contribution is 8.00. The Morgan fingerprint density at radius 3 is 2.53 bits per heavy atom. The van der Waals surface area contributed by atoms with Crippen LogP contribution in [0.25, 0.3) is 0 Å². The summed E-state index contributed by atoms with van der Waals surface area (Å²) < 4.78 is 10.3. The van der Waals surface area contributed by atoms with E-state index in [0.717, 1.165) is 31.2 Å². The standard InChI is InChI=1S/C30H45N3O9S/c1-4-5-6-7-21(16-20(34)10-8-19-9-12-25(35)26(15-19)41-3)43-17-24(33-28(38)22(31)11-13-27(36)37)29(39)32-23-14-18(2)42-30(23)40/h9,12,15,18,21-24,35H,4-8,10-11,13-14,16-17,31H2,1-3H3,(H,32,39)(H,33,38)(H,36,37). The normalized spacial score (nSPS) is 18.3. The molecule has 1 fully saturated rings. The van der Waals surface area contributed by atoms with Gasteiger partial charge in [-0.15, -0.1) is 0 Å². The van der Waals surface area contributed by atoms with Crippen molar-refractivity contribution in [3.05, 3.63) is 23.8 Å². The lowest BCUT2D eigenvalue weighted by atomic mass is 10.0. The number of nitrogens with two attached hydrogens (primary N) is 1. The maximum absolute atomic E-state index is 13.2. The van der Waals surface area contributed by atoms with E-state index >= 15 is 0 Å². The number of carboxylic acids is 1. The number of thioether (sulfide) groups is 1. The third kappa shape index (κ3) is 12.8. The van der Waals surface area contributed by atoms with Crippen molar-refractivity contribution in [3.8, 4) is 11.5 Å². The first kappa shape index (κ1) is 35.9. The second-order valence-corrected chi connectivity index (χ2v) is 12.2. The topological polar surface area (TPSA) is 194 Å². The lowest BCUT2D eigenvalue weighted by Crippen LogP contribution is -2.55. The number of aryl methyl sites for hydroxylation is 1. The van der Waals surface area contributed by atoms with E-state index in [0.29, 0.717) is 25.0 Å². The summed E-state index contributed by atoms with van der Waals surface area (Å²) in [4.78, 5) is 62.0. The van der Waals surface area contributed by atoms with Gasteiger partial charge in [-0.05, 0) is 43.9 Å². The summed E-state index contributed by atoms with van der Waals surface area (Å²) in [5.41, 5.74) is 6.73. The molecule has 0 aromatic heterocycles. The number of aliphatic carboxylic acids is 1. The third-order valence-corrected chi connectivity index (χ3v) is 8.54. The van der Waals surface area contributed by atoms with Crippen LogP contribution in [0.2, 0.25) is 0 Å². The molecule has 2 rings (SSSR count). The summed E-state index contributed by atoms with van der Waals surface area (Å²) >= 11 is 1.40. The van der Waals surface area contributed by atoms with Gasteiger partial charge < -0.3 is 36.1 Å². The maximum atomic E-state index is 13.2. The number of amides is 2. The van der Waals surface area contributed by atoms with E-state index < -0.39 is 41.9 Å². The van der Waals surface area contributed by atoms with Gasteiger partial charge in [0.2, 0.25) is 11.8 Å². The summed E-state index contributed by atoms with van der Waals surface area (Å²) in [6.07, 6.45) is 4.22. The molecule has 0 aliphatic carbocycles. The smallest absolute Gasteiger partial charge is 0.329 e. The van der Waals surface area contributed by atoms with Gasteiger partial charge in [0, 0.05) is 36.7 Å². The van der Waals surface area contributed by atoms with Crippen LogP contribution in [0, 0.1) is 0 Å². The van der Waals surface area contributed by atoms with E-state index in [1.165, 1.54) is 24.9 Å². The highest BCUT2D eigenvalue weighted by Crippen LogP contribution is 2.28. The zero-order chi connectivity index (χ0) is 31.9. The Hall–Kier alpha value is -3.32. The number of hydrogen-bond acceptors (Lipinski definition) is 10. The van der Waals surface area contributed by atoms with Gasteiger partial charge in [0.15, 0.2) is 11.5 Å². The number of esters is 1. The number of benzene rings is 1. The molecule has 0 spiro atoms. The molecule has 5 atom stereocenters. The van der Waals surface area contributed by atoms with Crippen LogP contribution in [0.1, 0.15) is 77.2 Å². The fourth-order valence-corrected chi connectivity index (χ4v) is 5.97. The van der Waals surface area contributed by atoms with Crippen molar-refractivity contribution in [1.29, 1.82) is 0 Å². The number of cyclic esters (lactones) is 1. The Labute approximate surface area is 256 Å². The van der Waals surface area contributed by atoms with Crippen molar-refractivity contribution < 1.29 is 43.7 Å². The second kappa shape index (κ2) is 18.4. The first-order valence-corrected chi connectivity index (χ1v) is 15.8. The minimum Gasteiger partial charge on any atom is -0.504 e. The predicted molar refractivity (Wildman–Crippen MR) is 162 cm³/mol. The molecule has 240 valence electrons. The molecule has 1 aromatic rings. The monoisotopic (exact) mass is 623 g/mol. The van der Waals surface area contributed by atoms with Crippen molar-refractivity contribution >= 4 is 41.3 Å². The SMILES string of the molecule is CCCCCC(CC(=O)CCc1ccc(O)c(OC)c1)SCC(NC(=O)C(N)CCC(=O)O)C(=O)NC1CC(C)OC1=O. The number of phenols is 1. The second-order valence-electron chi connectivity index (χ2n) is 10.8. The van der Waals surface area contributed by atoms with Crippen LogP contribution < -0.4 is 21.1 Å². The van der Waals surface area contributed by atoms with Crippen LogP contribution in [-0.4, -0.2) is 82.1 Å². The largest absolute Gasteiger partial charge is 0.504 e. The summed E-state index contributed by atoms with van der Waals surface area (Å²) in [7, 11) is 1.46. The summed E-state index contributed by atoms with van der Waals surface area (Å²) in [5.74, 6) is -2.36. The Morgan fingerprint density at radius 2 is 1.91 bits per heavy atom. The van der Waals surface area contributed by atoms with Crippen LogP contribution in [-0.2, 0) is 35.1 Å². The highest BCUT2D eigenvalue weighted by Gasteiger charge is 2.35. The van der Waals surface area contributed by atoms with Crippen LogP contribution in [0.15, 0.2) is 18.2 Å². The van der Waals surface area contributed by atoms with Gasteiger partial charge in [-0.25, -0.2) is 4.79 Å². The zero-order valence-corrected chi connectivity index (χ0v) is 26.0. The van der Waals surface area contributed by atoms with Gasteiger partial charge in [-0.2, -0.15) is 11.8 Å². The van der Waals surface area contributed by atoms with Gasteiger partial charge in [-0.3, -0.25) is 19.2 Å². The Morgan fingerprint density at radius 1 is 1.16 bits per heavy atom. The highest BCUT2D eigenvalue weighted by atomic mass is 32.2. The van der Waals surface area contributed by atoms with E-state index in [1.807, 2.05) is 0 Å². The maximum Gasteiger partial charge on any atom is 0.329 e.